The second kappa shape index (κ2) is 8.22. The quantitative estimate of drug-likeness (QED) is 0.523. The van der Waals surface area contributed by atoms with Crippen LogP contribution in [0.15, 0.2) is 77.3 Å². The molecule has 2 nitrogen and oxygen atoms in total. The van der Waals surface area contributed by atoms with Crippen LogP contribution in [0.2, 0.25) is 5.02 Å². The normalized spacial score (nSPS) is 10.4. The van der Waals surface area contributed by atoms with Gasteiger partial charge in [-0.3, -0.25) is 0 Å². The third-order valence-corrected chi connectivity index (χ3v) is 4.46. The Hall–Kier alpha value is -1.97. The lowest BCUT2D eigenvalue weighted by atomic mass is 10.2. The molecule has 122 valence electrons. The molecule has 0 fully saturated rings. The van der Waals surface area contributed by atoms with Crippen molar-refractivity contribution in [1.29, 1.82) is 0 Å². The number of hydrogen-bond acceptors (Lipinski definition) is 2. The molecule has 0 bridgehead atoms. The maximum Gasteiger partial charge on any atom is 0.119 e. The number of ether oxygens (including phenoxy) is 1. The van der Waals surface area contributed by atoms with Crippen LogP contribution in [0.4, 0.5) is 5.69 Å². The molecule has 0 spiro atoms. The van der Waals surface area contributed by atoms with E-state index in [9.17, 15) is 0 Å². The lowest BCUT2D eigenvalue weighted by Crippen LogP contribution is -2.00. The van der Waals surface area contributed by atoms with Crippen molar-refractivity contribution in [2.24, 2.45) is 0 Å². The highest BCUT2D eigenvalue weighted by Crippen LogP contribution is 2.22. The van der Waals surface area contributed by atoms with E-state index in [4.69, 9.17) is 16.3 Å². The van der Waals surface area contributed by atoms with E-state index in [-0.39, 0.29) is 0 Å². The summed E-state index contributed by atoms with van der Waals surface area (Å²) in [5.74, 6) is 0.861. The molecule has 0 radical (unpaired) electrons. The zero-order valence-electron chi connectivity index (χ0n) is 13.0. The van der Waals surface area contributed by atoms with Gasteiger partial charge in [-0.1, -0.05) is 63.9 Å². The first-order valence-corrected chi connectivity index (χ1v) is 8.82. The molecule has 0 saturated carbocycles. The van der Waals surface area contributed by atoms with Crippen molar-refractivity contribution in [2.75, 3.05) is 5.32 Å². The van der Waals surface area contributed by atoms with Crippen molar-refractivity contribution < 1.29 is 4.74 Å². The summed E-state index contributed by atoms with van der Waals surface area (Å²) < 4.78 is 6.88. The molecule has 3 rings (SSSR count). The molecule has 24 heavy (non-hydrogen) atoms. The standard InChI is InChI=1S/C20H17BrClNO/c21-17-9-5-16(6-10-17)14-24-18-11-7-15(8-12-18)13-23-20-4-2-1-3-19(20)22/h1-12,23H,13-14H2. The third kappa shape index (κ3) is 4.76. The number of rotatable bonds is 6. The van der Waals surface area contributed by atoms with Crippen molar-refractivity contribution in [2.45, 2.75) is 13.2 Å². The van der Waals surface area contributed by atoms with E-state index in [1.807, 2.05) is 60.7 Å². The van der Waals surface area contributed by atoms with Crippen molar-refractivity contribution in [3.05, 3.63) is 93.4 Å². The van der Waals surface area contributed by atoms with Crippen LogP contribution >= 0.6 is 27.5 Å². The number of para-hydroxylation sites is 1. The summed E-state index contributed by atoms with van der Waals surface area (Å²) in [6.07, 6.45) is 0. The fourth-order valence-corrected chi connectivity index (χ4v) is 2.72. The summed E-state index contributed by atoms with van der Waals surface area (Å²) in [5, 5.41) is 4.06. The molecule has 0 amide bonds. The van der Waals surface area contributed by atoms with Gasteiger partial charge in [-0.25, -0.2) is 0 Å². The van der Waals surface area contributed by atoms with Crippen LogP contribution in [-0.4, -0.2) is 0 Å². The second-order valence-corrected chi connectivity index (χ2v) is 6.72. The van der Waals surface area contributed by atoms with Crippen molar-refractivity contribution >= 4 is 33.2 Å². The van der Waals surface area contributed by atoms with Gasteiger partial charge >= 0.3 is 0 Å². The Morgan fingerprint density at radius 2 is 1.50 bits per heavy atom. The number of halogens is 2. The molecule has 0 heterocycles. The molecule has 3 aromatic carbocycles. The molecule has 3 aromatic rings. The summed E-state index contributed by atoms with van der Waals surface area (Å²) in [6, 6.07) is 24.0. The summed E-state index contributed by atoms with van der Waals surface area (Å²) in [5.41, 5.74) is 3.25. The predicted octanol–water partition coefficient (Wildman–Crippen LogP) is 6.29. The molecule has 0 aliphatic carbocycles. The van der Waals surface area contributed by atoms with E-state index < -0.39 is 0 Å². The highest BCUT2D eigenvalue weighted by atomic mass is 79.9. The Labute approximate surface area is 155 Å². The van der Waals surface area contributed by atoms with Crippen LogP contribution in [0.5, 0.6) is 5.75 Å². The lowest BCUT2D eigenvalue weighted by molar-refractivity contribution is 0.306. The Balaban J connectivity index is 1.53. The Kier molecular flexibility index (Phi) is 5.78. The van der Waals surface area contributed by atoms with Gasteiger partial charge in [0.1, 0.15) is 12.4 Å². The monoisotopic (exact) mass is 401 g/mol. The number of nitrogens with one attached hydrogen (secondary N) is 1. The largest absolute Gasteiger partial charge is 0.489 e. The molecular weight excluding hydrogens is 386 g/mol. The summed E-state index contributed by atoms with van der Waals surface area (Å²) >= 11 is 9.57. The summed E-state index contributed by atoms with van der Waals surface area (Å²) in [4.78, 5) is 0. The van der Waals surface area contributed by atoms with E-state index in [2.05, 4.69) is 33.4 Å². The molecule has 0 aliphatic heterocycles. The minimum absolute atomic E-state index is 0.560. The highest BCUT2D eigenvalue weighted by Gasteiger charge is 2.00. The number of hydrogen-bond donors (Lipinski definition) is 1. The average Bonchev–Trinajstić information content (AvgIpc) is 2.61. The van der Waals surface area contributed by atoms with E-state index in [0.29, 0.717) is 6.61 Å². The first-order valence-electron chi connectivity index (χ1n) is 7.65. The molecule has 0 saturated heterocycles. The van der Waals surface area contributed by atoms with E-state index in [1.54, 1.807) is 0 Å². The van der Waals surface area contributed by atoms with Gasteiger partial charge in [-0.15, -0.1) is 0 Å². The molecule has 4 heteroatoms. The summed E-state index contributed by atoms with van der Waals surface area (Å²) in [7, 11) is 0. The fraction of sp³-hybridized carbons (Fsp3) is 0.100. The summed E-state index contributed by atoms with van der Waals surface area (Å²) in [6.45, 7) is 1.28. The minimum Gasteiger partial charge on any atom is -0.489 e. The van der Waals surface area contributed by atoms with Crippen LogP contribution in [0.25, 0.3) is 0 Å². The zero-order chi connectivity index (χ0) is 16.8. The van der Waals surface area contributed by atoms with Crippen LogP contribution in [0.1, 0.15) is 11.1 Å². The molecular formula is C20H17BrClNO. The number of benzene rings is 3. The predicted molar refractivity (Wildman–Crippen MR) is 104 cm³/mol. The smallest absolute Gasteiger partial charge is 0.119 e. The first-order chi connectivity index (χ1) is 11.7. The van der Waals surface area contributed by atoms with Gasteiger partial charge in [-0.2, -0.15) is 0 Å². The molecule has 0 aliphatic rings. The Morgan fingerprint density at radius 3 is 2.21 bits per heavy atom. The van der Waals surface area contributed by atoms with Crippen LogP contribution in [0.3, 0.4) is 0 Å². The highest BCUT2D eigenvalue weighted by molar-refractivity contribution is 9.10. The molecule has 1 N–H and O–H groups in total. The van der Waals surface area contributed by atoms with E-state index in [1.165, 1.54) is 5.56 Å². The average molecular weight is 403 g/mol. The van der Waals surface area contributed by atoms with Gasteiger partial charge in [0.15, 0.2) is 0 Å². The number of anilines is 1. The maximum atomic E-state index is 6.14. The van der Waals surface area contributed by atoms with Gasteiger partial charge < -0.3 is 10.1 Å². The molecule has 0 atom stereocenters. The van der Waals surface area contributed by atoms with Gasteiger partial charge in [-0.05, 0) is 47.5 Å². The van der Waals surface area contributed by atoms with Crippen molar-refractivity contribution in [3.8, 4) is 5.75 Å². The molecule has 0 aromatic heterocycles. The van der Waals surface area contributed by atoms with E-state index >= 15 is 0 Å². The van der Waals surface area contributed by atoms with Crippen LogP contribution in [0, 0.1) is 0 Å². The molecule has 0 unspecified atom stereocenters. The van der Waals surface area contributed by atoms with Gasteiger partial charge in [0.25, 0.3) is 0 Å². The Morgan fingerprint density at radius 1 is 0.833 bits per heavy atom. The first kappa shape index (κ1) is 16.9. The third-order valence-electron chi connectivity index (χ3n) is 3.60. The zero-order valence-corrected chi connectivity index (χ0v) is 15.3. The van der Waals surface area contributed by atoms with Gasteiger partial charge in [0, 0.05) is 11.0 Å². The van der Waals surface area contributed by atoms with Gasteiger partial charge in [0.2, 0.25) is 0 Å². The van der Waals surface area contributed by atoms with Crippen LogP contribution in [-0.2, 0) is 13.2 Å². The fourth-order valence-electron chi connectivity index (χ4n) is 2.25. The topological polar surface area (TPSA) is 21.3 Å². The van der Waals surface area contributed by atoms with Gasteiger partial charge in [0.05, 0.1) is 10.7 Å². The lowest BCUT2D eigenvalue weighted by Gasteiger charge is -2.10. The Bertz CT molecular complexity index is 787. The SMILES string of the molecule is Clc1ccccc1NCc1ccc(OCc2ccc(Br)cc2)cc1. The van der Waals surface area contributed by atoms with Crippen LogP contribution < -0.4 is 10.1 Å². The van der Waals surface area contributed by atoms with Crippen molar-refractivity contribution in [1.82, 2.24) is 0 Å². The second-order valence-electron chi connectivity index (χ2n) is 5.39. The maximum absolute atomic E-state index is 6.14. The van der Waals surface area contributed by atoms with Crippen molar-refractivity contribution in [3.63, 3.8) is 0 Å². The van der Waals surface area contributed by atoms with E-state index in [0.717, 1.165) is 33.0 Å². The minimum atomic E-state index is 0.560.